The first-order valence-electron chi connectivity index (χ1n) is 21.7. The topological polar surface area (TPSA) is 120 Å². The van der Waals surface area contributed by atoms with Gasteiger partial charge in [-0.1, -0.05) is 120 Å². The Morgan fingerprint density at radius 3 is 1.67 bits per heavy atom. The number of hydrogen-bond acceptors (Lipinski definition) is 11. The molecule has 5 aromatic carbocycles. The van der Waals surface area contributed by atoms with Crippen molar-refractivity contribution in [3.05, 3.63) is 188 Å². The van der Waals surface area contributed by atoms with E-state index in [-0.39, 0.29) is 44.2 Å². The Bertz CT molecular complexity index is 2410. The number of nitrogens with zero attached hydrogens (tertiary/aromatic N) is 1. The van der Waals surface area contributed by atoms with Crippen molar-refractivity contribution in [3.8, 4) is 0 Å². The second-order valence-corrected chi connectivity index (χ2v) is 17.7. The highest BCUT2D eigenvalue weighted by Crippen LogP contribution is 2.42. The summed E-state index contributed by atoms with van der Waals surface area (Å²) in [6.45, 7) is 6.26. The minimum atomic E-state index is -1.22. The molecule has 0 bridgehead atoms. The number of rotatable bonds is 16. The van der Waals surface area contributed by atoms with E-state index >= 15 is 0 Å². The average Bonchev–Trinajstić information content (AvgIpc) is 3.59. The highest BCUT2D eigenvalue weighted by Gasteiger charge is 2.59. The van der Waals surface area contributed by atoms with Gasteiger partial charge in [0.15, 0.2) is 18.9 Å². The Hall–Kier alpha value is -4.51. The van der Waals surface area contributed by atoms with Crippen molar-refractivity contribution in [2.75, 3.05) is 13.2 Å². The summed E-state index contributed by atoms with van der Waals surface area (Å²) in [5, 5.41) is 1.76. The van der Waals surface area contributed by atoms with Gasteiger partial charge in [-0.25, -0.2) is 0 Å². The van der Waals surface area contributed by atoms with Gasteiger partial charge in [0.1, 0.15) is 42.7 Å². The van der Waals surface area contributed by atoms with Crippen LogP contribution < -0.4 is 0 Å². The summed E-state index contributed by atoms with van der Waals surface area (Å²) in [6.07, 6.45) is -7.79. The van der Waals surface area contributed by atoms with Gasteiger partial charge in [-0.2, -0.15) is 0 Å². The summed E-state index contributed by atoms with van der Waals surface area (Å²) in [5.74, 6) is -1.08. The van der Waals surface area contributed by atoms with Crippen molar-refractivity contribution < 1.29 is 52.2 Å². The third-order valence-corrected chi connectivity index (χ3v) is 12.7. The molecule has 3 saturated heterocycles. The van der Waals surface area contributed by atoms with E-state index in [1.807, 2.05) is 73.7 Å². The van der Waals surface area contributed by atoms with Gasteiger partial charge in [0.2, 0.25) is 0 Å². The number of ether oxygens (including phenoxy) is 9. The summed E-state index contributed by atoms with van der Waals surface area (Å²) in [5.41, 5.74) is 3.78. The SMILES string of the molecule is C=CCO[C@@H]1O[C@@H]2CO[C@@H](c3ccccc3)O[C@H]2[C@H](O[C@@H]2O[C@@H](C)[C@@H](OCc3ccc(Cl)cc3)[C@@H](OCc3ccc(Cl)cc3)[C@@H]2OCc2ccc(Cl)cc2)[C@H]1N1C(=O)c2ccccc2C1=O. The Morgan fingerprint density at radius 1 is 0.606 bits per heavy atom. The molecular weight excluding hydrogens is 909 g/mol. The predicted octanol–water partition coefficient (Wildman–Crippen LogP) is 9.54. The van der Waals surface area contributed by atoms with Crippen LogP contribution in [0.2, 0.25) is 15.1 Å². The van der Waals surface area contributed by atoms with Crippen molar-refractivity contribution in [1.82, 2.24) is 4.90 Å². The number of imide groups is 1. The fraction of sp³-hybridized carbons (Fsp3) is 0.333. The van der Waals surface area contributed by atoms with E-state index in [0.29, 0.717) is 15.1 Å². The van der Waals surface area contributed by atoms with Crippen LogP contribution in [0.1, 0.15) is 56.2 Å². The van der Waals surface area contributed by atoms with E-state index in [9.17, 15) is 9.59 Å². The Morgan fingerprint density at radius 2 is 1.12 bits per heavy atom. The lowest BCUT2D eigenvalue weighted by molar-refractivity contribution is -0.385. The molecule has 4 heterocycles. The second-order valence-electron chi connectivity index (χ2n) is 16.4. The molecule has 0 aromatic heterocycles. The van der Waals surface area contributed by atoms with Crippen LogP contribution in [0.5, 0.6) is 0 Å². The van der Waals surface area contributed by atoms with Gasteiger partial charge in [-0.05, 0) is 72.1 Å². The largest absolute Gasteiger partial charge is 0.368 e. The van der Waals surface area contributed by atoms with E-state index in [2.05, 4.69) is 6.58 Å². The lowest BCUT2D eigenvalue weighted by Crippen LogP contribution is -2.70. The van der Waals surface area contributed by atoms with E-state index in [1.54, 1.807) is 66.7 Å². The molecule has 344 valence electrons. The van der Waals surface area contributed by atoms with Gasteiger partial charge in [-0.3, -0.25) is 14.5 Å². The van der Waals surface area contributed by atoms with Gasteiger partial charge in [0.25, 0.3) is 11.8 Å². The molecule has 66 heavy (non-hydrogen) atoms. The maximum Gasteiger partial charge on any atom is 0.262 e. The van der Waals surface area contributed by atoms with Gasteiger partial charge < -0.3 is 42.6 Å². The third kappa shape index (κ3) is 10.3. The molecular formula is C51H48Cl3NO11. The number of hydrogen-bond donors (Lipinski definition) is 0. The Labute approximate surface area is 398 Å². The lowest BCUT2D eigenvalue weighted by Gasteiger charge is -2.53. The van der Waals surface area contributed by atoms with Crippen LogP contribution in [0.25, 0.3) is 0 Å². The zero-order valence-corrected chi connectivity index (χ0v) is 38.1. The summed E-state index contributed by atoms with van der Waals surface area (Å²) >= 11 is 18.8. The van der Waals surface area contributed by atoms with Crippen molar-refractivity contribution in [2.45, 2.75) is 94.4 Å². The molecule has 15 heteroatoms. The van der Waals surface area contributed by atoms with Crippen LogP contribution in [0.3, 0.4) is 0 Å². The third-order valence-electron chi connectivity index (χ3n) is 12.0. The highest BCUT2D eigenvalue weighted by atomic mass is 35.5. The summed E-state index contributed by atoms with van der Waals surface area (Å²) in [4.78, 5) is 30.1. The van der Waals surface area contributed by atoms with Gasteiger partial charge in [0, 0.05) is 20.6 Å². The van der Waals surface area contributed by atoms with Gasteiger partial charge in [-0.15, -0.1) is 6.58 Å². The molecule has 11 atom stereocenters. The number of benzene rings is 5. The Kier molecular flexibility index (Phi) is 15.0. The van der Waals surface area contributed by atoms with E-state index in [1.165, 1.54) is 0 Å². The number of amides is 2. The molecule has 4 aliphatic heterocycles. The molecule has 2 amide bonds. The summed E-state index contributed by atoms with van der Waals surface area (Å²) in [7, 11) is 0. The quantitative estimate of drug-likeness (QED) is 0.0695. The maximum atomic E-state index is 14.5. The first-order chi connectivity index (χ1) is 32.1. The van der Waals surface area contributed by atoms with Gasteiger partial charge >= 0.3 is 0 Å². The van der Waals surface area contributed by atoms with Crippen molar-refractivity contribution in [2.24, 2.45) is 0 Å². The molecule has 0 aliphatic carbocycles. The fourth-order valence-electron chi connectivity index (χ4n) is 8.70. The normalized spacial score (nSPS) is 28.5. The second kappa shape index (κ2) is 21.2. The maximum absolute atomic E-state index is 14.5. The molecule has 0 unspecified atom stereocenters. The molecule has 3 fully saturated rings. The monoisotopic (exact) mass is 955 g/mol. The molecule has 4 aliphatic rings. The van der Waals surface area contributed by atoms with Crippen molar-refractivity contribution in [1.29, 1.82) is 0 Å². The highest BCUT2D eigenvalue weighted by molar-refractivity contribution is 6.31. The standard InChI is InChI=1S/C51H48Cl3NO11/c1-3-25-58-50-41(55-47(56)38-11-7-8-12-39(38)48(55)57)44(43-40(64-50)29-62-49(65-43)34-9-5-4-6-10-34)66-51-46(61-28-33-17-23-37(54)24-18-33)45(60-27-32-15-21-36(53)22-16-32)42(30(2)63-51)59-26-31-13-19-35(52)20-14-31/h3-24,30,40-46,49-51H,1,25-29H2,2H3/t30-,40+,41+,42+,43+,44+,45+,46-,49+,50+,51-/m0/s1. The van der Waals surface area contributed by atoms with E-state index in [4.69, 9.17) is 77.4 Å². The zero-order valence-electron chi connectivity index (χ0n) is 35.9. The molecule has 5 aromatic rings. The number of carbonyl (C=O) groups is 2. The van der Waals surface area contributed by atoms with Crippen LogP contribution in [0.4, 0.5) is 0 Å². The smallest absolute Gasteiger partial charge is 0.262 e. The first kappa shape index (κ1) is 46.6. The van der Waals surface area contributed by atoms with Gasteiger partial charge in [0.05, 0.1) is 50.3 Å². The molecule has 0 radical (unpaired) electrons. The number of halogens is 3. The summed E-state index contributed by atoms with van der Waals surface area (Å²) in [6, 6.07) is 36.9. The molecule has 0 saturated carbocycles. The lowest BCUT2D eigenvalue weighted by atomic mass is 9.93. The van der Waals surface area contributed by atoms with Crippen LogP contribution >= 0.6 is 34.8 Å². The molecule has 0 N–H and O–H groups in total. The minimum absolute atomic E-state index is 0.0276. The molecule has 12 nitrogen and oxygen atoms in total. The predicted molar refractivity (Wildman–Crippen MR) is 245 cm³/mol. The summed E-state index contributed by atoms with van der Waals surface area (Å²) < 4.78 is 60.5. The average molecular weight is 957 g/mol. The fourth-order valence-corrected chi connectivity index (χ4v) is 9.08. The number of fused-ring (bicyclic) bond motifs is 2. The van der Waals surface area contributed by atoms with E-state index in [0.717, 1.165) is 27.2 Å². The minimum Gasteiger partial charge on any atom is -0.368 e. The van der Waals surface area contributed by atoms with Crippen molar-refractivity contribution >= 4 is 46.6 Å². The van der Waals surface area contributed by atoms with Crippen LogP contribution in [-0.2, 0) is 62.5 Å². The van der Waals surface area contributed by atoms with Crippen LogP contribution in [0, 0.1) is 0 Å². The Balaban J connectivity index is 1.12. The van der Waals surface area contributed by atoms with Crippen molar-refractivity contribution in [3.63, 3.8) is 0 Å². The van der Waals surface area contributed by atoms with Crippen LogP contribution in [-0.4, -0.2) is 91.3 Å². The van der Waals surface area contributed by atoms with E-state index < -0.39 is 79.5 Å². The first-order valence-corrected chi connectivity index (χ1v) is 22.8. The molecule has 0 spiro atoms. The zero-order chi connectivity index (χ0) is 45.7. The number of carbonyl (C=O) groups excluding carboxylic acids is 2. The van der Waals surface area contributed by atoms with Crippen LogP contribution in [0.15, 0.2) is 140 Å². The molecule has 9 rings (SSSR count).